The number of anilines is 1. The third-order valence-corrected chi connectivity index (χ3v) is 3.42. The third-order valence-electron chi connectivity index (χ3n) is 2.76. The number of nitro groups is 1. The van der Waals surface area contributed by atoms with E-state index in [1.807, 2.05) is 11.5 Å². The number of nitrogens with one attached hydrogen (secondary N) is 1. The van der Waals surface area contributed by atoms with Gasteiger partial charge in [-0.3, -0.25) is 10.1 Å². The largest absolute Gasteiger partial charge is 0.378 e. The van der Waals surface area contributed by atoms with Crippen LogP contribution in [0.4, 0.5) is 11.4 Å². The molecule has 0 radical (unpaired) electrons. The Balaban J connectivity index is 2.10. The zero-order valence-electron chi connectivity index (χ0n) is 10.3. The number of rotatable bonds is 5. The summed E-state index contributed by atoms with van der Waals surface area (Å²) in [6, 6.07) is 4.65. The summed E-state index contributed by atoms with van der Waals surface area (Å²) in [4.78, 5) is 14.3. The molecule has 0 saturated carbocycles. The van der Waals surface area contributed by atoms with E-state index in [0.717, 1.165) is 17.9 Å². The minimum Gasteiger partial charge on any atom is -0.378 e. The summed E-state index contributed by atoms with van der Waals surface area (Å²) in [6.07, 6.45) is 3.58. The first-order valence-electron chi connectivity index (χ1n) is 5.78. The lowest BCUT2D eigenvalue weighted by Crippen LogP contribution is -2.06. The highest BCUT2D eigenvalue weighted by Crippen LogP contribution is 2.27. The van der Waals surface area contributed by atoms with Crippen molar-refractivity contribution in [3.8, 4) is 0 Å². The van der Waals surface area contributed by atoms with Crippen LogP contribution in [-0.4, -0.2) is 14.5 Å². The molecule has 100 valence electrons. The number of nitrogens with zero attached hydrogens (tertiary/aromatic N) is 3. The van der Waals surface area contributed by atoms with Gasteiger partial charge in [-0.15, -0.1) is 0 Å². The average Bonchev–Trinajstić information content (AvgIpc) is 2.84. The molecule has 0 unspecified atom stereocenters. The van der Waals surface area contributed by atoms with Gasteiger partial charge in [0.15, 0.2) is 0 Å². The van der Waals surface area contributed by atoms with Gasteiger partial charge in [0, 0.05) is 35.0 Å². The van der Waals surface area contributed by atoms with Gasteiger partial charge < -0.3 is 9.88 Å². The number of hydrogen-bond donors (Lipinski definition) is 1. The molecule has 1 aromatic carbocycles. The van der Waals surface area contributed by atoms with Crippen molar-refractivity contribution in [2.45, 2.75) is 20.0 Å². The Morgan fingerprint density at radius 2 is 2.32 bits per heavy atom. The highest BCUT2D eigenvalue weighted by molar-refractivity contribution is 9.10. The van der Waals surface area contributed by atoms with Crippen molar-refractivity contribution in [3.63, 3.8) is 0 Å². The van der Waals surface area contributed by atoms with Gasteiger partial charge in [-0.1, -0.05) is 0 Å². The molecule has 1 heterocycles. The summed E-state index contributed by atoms with van der Waals surface area (Å²) in [5.41, 5.74) is 1.94. The normalized spacial score (nSPS) is 10.4. The van der Waals surface area contributed by atoms with E-state index in [1.165, 1.54) is 12.1 Å². The van der Waals surface area contributed by atoms with Crippen molar-refractivity contribution in [1.29, 1.82) is 0 Å². The van der Waals surface area contributed by atoms with E-state index in [1.54, 1.807) is 18.6 Å². The fourth-order valence-corrected chi connectivity index (χ4v) is 2.23. The van der Waals surface area contributed by atoms with Crippen LogP contribution in [0.15, 0.2) is 35.2 Å². The fourth-order valence-electron chi connectivity index (χ4n) is 1.73. The SMILES string of the molecule is CCn1cncc1CNc1ccc([N+](=O)[O-])cc1Br. The number of aromatic nitrogens is 2. The number of halogens is 1. The van der Waals surface area contributed by atoms with Crippen molar-refractivity contribution in [2.24, 2.45) is 0 Å². The van der Waals surface area contributed by atoms with Crippen LogP contribution < -0.4 is 5.32 Å². The van der Waals surface area contributed by atoms with Crippen LogP contribution in [-0.2, 0) is 13.1 Å². The fraction of sp³-hybridized carbons (Fsp3) is 0.250. The highest BCUT2D eigenvalue weighted by Gasteiger charge is 2.09. The highest BCUT2D eigenvalue weighted by atomic mass is 79.9. The Hall–Kier alpha value is -1.89. The molecule has 1 aromatic heterocycles. The molecular formula is C12H13BrN4O2. The first kappa shape index (κ1) is 13.5. The second-order valence-electron chi connectivity index (χ2n) is 3.95. The summed E-state index contributed by atoms with van der Waals surface area (Å²) in [5, 5.41) is 13.9. The molecule has 0 aliphatic rings. The molecule has 0 atom stereocenters. The first-order valence-corrected chi connectivity index (χ1v) is 6.58. The van der Waals surface area contributed by atoms with Crippen LogP contribution in [0.5, 0.6) is 0 Å². The molecule has 6 nitrogen and oxygen atoms in total. The summed E-state index contributed by atoms with van der Waals surface area (Å²) in [6.45, 7) is 3.52. The van der Waals surface area contributed by atoms with E-state index in [-0.39, 0.29) is 5.69 Å². The molecule has 2 rings (SSSR count). The third kappa shape index (κ3) is 3.11. The molecule has 0 aliphatic carbocycles. The van der Waals surface area contributed by atoms with Gasteiger partial charge >= 0.3 is 0 Å². The van der Waals surface area contributed by atoms with Gasteiger partial charge in [-0.05, 0) is 28.9 Å². The van der Waals surface area contributed by atoms with E-state index in [4.69, 9.17) is 0 Å². The Labute approximate surface area is 118 Å². The first-order chi connectivity index (χ1) is 9.11. The van der Waals surface area contributed by atoms with Crippen molar-refractivity contribution < 1.29 is 4.92 Å². The molecular weight excluding hydrogens is 312 g/mol. The van der Waals surface area contributed by atoms with Gasteiger partial charge in [0.1, 0.15) is 0 Å². The van der Waals surface area contributed by atoms with Crippen LogP contribution in [0.25, 0.3) is 0 Å². The van der Waals surface area contributed by atoms with E-state index in [9.17, 15) is 10.1 Å². The van der Waals surface area contributed by atoms with Gasteiger partial charge in [-0.25, -0.2) is 4.98 Å². The predicted octanol–water partition coefficient (Wildman–Crippen LogP) is 3.19. The molecule has 0 saturated heterocycles. The number of non-ortho nitro benzene ring substituents is 1. The standard InChI is InChI=1S/C12H13BrN4O2/c1-2-16-8-14-6-10(16)7-15-12-4-3-9(17(18)19)5-11(12)13/h3-6,8,15H,2,7H2,1H3. The Kier molecular flexibility index (Phi) is 4.16. The molecule has 7 heteroatoms. The molecule has 0 fully saturated rings. The number of nitro benzene ring substituents is 1. The quantitative estimate of drug-likeness (QED) is 0.677. The zero-order valence-corrected chi connectivity index (χ0v) is 11.9. The Morgan fingerprint density at radius 1 is 1.53 bits per heavy atom. The maximum absolute atomic E-state index is 10.6. The van der Waals surface area contributed by atoms with Gasteiger partial charge in [0.05, 0.1) is 23.5 Å². The summed E-state index contributed by atoms with van der Waals surface area (Å²) >= 11 is 3.33. The molecule has 0 bridgehead atoms. The van der Waals surface area contributed by atoms with Crippen molar-refractivity contribution in [1.82, 2.24) is 9.55 Å². The molecule has 19 heavy (non-hydrogen) atoms. The summed E-state index contributed by atoms with van der Waals surface area (Å²) in [5.74, 6) is 0. The lowest BCUT2D eigenvalue weighted by Gasteiger charge is -2.09. The molecule has 1 N–H and O–H groups in total. The van der Waals surface area contributed by atoms with E-state index < -0.39 is 4.92 Å². The average molecular weight is 325 g/mol. The Morgan fingerprint density at radius 3 is 2.95 bits per heavy atom. The Bertz CT molecular complexity index is 597. The summed E-state index contributed by atoms with van der Waals surface area (Å²) < 4.78 is 2.70. The minimum atomic E-state index is -0.416. The number of aryl methyl sites for hydroxylation is 1. The number of hydrogen-bond acceptors (Lipinski definition) is 4. The second kappa shape index (κ2) is 5.83. The van der Waals surface area contributed by atoms with E-state index >= 15 is 0 Å². The van der Waals surface area contributed by atoms with Gasteiger partial charge in [0.2, 0.25) is 0 Å². The molecule has 0 aliphatic heterocycles. The molecule has 2 aromatic rings. The van der Waals surface area contributed by atoms with Crippen LogP contribution in [0.1, 0.15) is 12.6 Å². The van der Waals surface area contributed by atoms with Crippen LogP contribution in [0.2, 0.25) is 0 Å². The van der Waals surface area contributed by atoms with Gasteiger partial charge in [0.25, 0.3) is 5.69 Å². The smallest absolute Gasteiger partial charge is 0.270 e. The van der Waals surface area contributed by atoms with Crippen LogP contribution in [0, 0.1) is 10.1 Å². The van der Waals surface area contributed by atoms with E-state index in [0.29, 0.717) is 11.0 Å². The summed E-state index contributed by atoms with van der Waals surface area (Å²) in [7, 11) is 0. The van der Waals surface area contributed by atoms with Crippen molar-refractivity contribution in [3.05, 3.63) is 51.0 Å². The second-order valence-corrected chi connectivity index (χ2v) is 4.80. The number of benzene rings is 1. The maximum atomic E-state index is 10.6. The van der Waals surface area contributed by atoms with Crippen molar-refractivity contribution >= 4 is 27.3 Å². The number of imidazole rings is 1. The monoisotopic (exact) mass is 324 g/mol. The topological polar surface area (TPSA) is 73.0 Å². The minimum absolute atomic E-state index is 0.0658. The lowest BCUT2D eigenvalue weighted by molar-refractivity contribution is -0.384. The lowest BCUT2D eigenvalue weighted by atomic mass is 10.3. The maximum Gasteiger partial charge on any atom is 0.270 e. The zero-order chi connectivity index (χ0) is 13.8. The predicted molar refractivity (Wildman–Crippen MR) is 76.0 cm³/mol. The van der Waals surface area contributed by atoms with Crippen LogP contribution in [0.3, 0.4) is 0 Å². The van der Waals surface area contributed by atoms with E-state index in [2.05, 4.69) is 26.2 Å². The van der Waals surface area contributed by atoms with Gasteiger partial charge in [-0.2, -0.15) is 0 Å². The van der Waals surface area contributed by atoms with Crippen molar-refractivity contribution in [2.75, 3.05) is 5.32 Å². The molecule has 0 spiro atoms. The molecule has 0 amide bonds. The van der Waals surface area contributed by atoms with Crippen LogP contribution >= 0.6 is 15.9 Å².